The molecule has 188 valence electrons. The van der Waals surface area contributed by atoms with Crippen molar-refractivity contribution in [2.24, 2.45) is 17.0 Å². The maximum absolute atomic E-state index is 13.1. The molecular weight excluding hydrogens is 463 g/mol. The number of nitrogens with zero attached hydrogens (tertiary/aromatic N) is 6. The molecule has 1 aromatic heterocycles. The maximum atomic E-state index is 13.1. The number of carbonyl (C=O) groups excluding carboxylic acids is 1. The molecule has 1 aliphatic carbocycles. The van der Waals surface area contributed by atoms with Gasteiger partial charge in [-0.15, -0.1) is 0 Å². The topological polar surface area (TPSA) is 127 Å². The smallest absolute Gasteiger partial charge is 0.393 e. The van der Waals surface area contributed by atoms with Crippen LogP contribution >= 0.6 is 0 Å². The minimum Gasteiger partial charge on any atom is -0.393 e. The highest BCUT2D eigenvalue weighted by Crippen LogP contribution is 2.34. The van der Waals surface area contributed by atoms with Crippen molar-refractivity contribution < 1.29 is 23.1 Å². The first-order valence-electron chi connectivity index (χ1n) is 11.7. The molecular formula is C23H28F3N7O2. The van der Waals surface area contributed by atoms with Crippen molar-refractivity contribution in [3.05, 3.63) is 40.5 Å². The van der Waals surface area contributed by atoms with Crippen molar-refractivity contribution in [2.75, 3.05) is 31.5 Å². The van der Waals surface area contributed by atoms with Crippen LogP contribution in [0.2, 0.25) is 0 Å². The van der Waals surface area contributed by atoms with Crippen LogP contribution in [-0.4, -0.2) is 64.1 Å². The number of alkyl halides is 3. The van der Waals surface area contributed by atoms with Crippen LogP contribution in [0, 0.1) is 11.8 Å². The molecule has 0 amide bonds. The van der Waals surface area contributed by atoms with Crippen molar-refractivity contribution in [3.8, 4) is 0 Å². The van der Waals surface area contributed by atoms with Crippen LogP contribution in [0.15, 0.2) is 29.6 Å². The fraction of sp³-hybridized carbons (Fsp3) is 0.609. The summed E-state index contributed by atoms with van der Waals surface area (Å²) < 4.78 is 39.2. The predicted octanol–water partition coefficient (Wildman–Crippen LogP) is 4.18. The Balaban J connectivity index is 1.22. The average Bonchev–Trinajstić information content (AvgIpc) is 2.82. The van der Waals surface area contributed by atoms with E-state index in [2.05, 4.69) is 30.2 Å². The molecule has 1 aromatic carbocycles. The Morgan fingerprint density at radius 2 is 2.00 bits per heavy atom. The Hall–Kier alpha value is -2.95. The number of hydrogen-bond donors (Lipinski definition) is 2. The van der Waals surface area contributed by atoms with Gasteiger partial charge in [-0.3, -0.25) is 9.69 Å². The molecule has 0 radical (unpaired) electrons. The number of aliphatic hydroxyl groups excluding tert-OH is 1. The number of azide groups is 1. The van der Waals surface area contributed by atoms with Gasteiger partial charge in [0.1, 0.15) is 12.1 Å². The Morgan fingerprint density at radius 3 is 2.69 bits per heavy atom. The van der Waals surface area contributed by atoms with Crippen molar-refractivity contribution in [2.45, 2.75) is 50.4 Å². The molecule has 4 rings (SSSR count). The number of aliphatic hydroxyl groups is 1. The number of carbonyl (C=O) groups is 1. The molecule has 2 N–H and O–H groups in total. The van der Waals surface area contributed by atoms with E-state index in [1.54, 1.807) is 0 Å². The zero-order valence-electron chi connectivity index (χ0n) is 19.2. The van der Waals surface area contributed by atoms with Gasteiger partial charge in [0.25, 0.3) is 0 Å². The molecule has 12 heteroatoms. The Bertz CT molecular complexity index is 1090. The zero-order chi connectivity index (χ0) is 25.0. The highest BCUT2D eigenvalue weighted by molar-refractivity contribution is 5.91. The second-order valence-corrected chi connectivity index (χ2v) is 9.42. The molecule has 9 nitrogen and oxygen atoms in total. The number of hydrogen-bond acceptors (Lipinski definition) is 7. The van der Waals surface area contributed by atoms with Crippen molar-refractivity contribution in [3.63, 3.8) is 0 Å². The molecule has 1 saturated carbocycles. The average molecular weight is 492 g/mol. The van der Waals surface area contributed by atoms with Crippen LogP contribution < -0.4 is 5.32 Å². The minimum atomic E-state index is -4.47. The summed E-state index contributed by atoms with van der Waals surface area (Å²) in [6.45, 7) is 1.79. The van der Waals surface area contributed by atoms with E-state index < -0.39 is 17.8 Å². The van der Waals surface area contributed by atoms with Gasteiger partial charge < -0.3 is 10.4 Å². The minimum absolute atomic E-state index is 0.00691. The first kappa shape index (κ1) is 25.2. The van der Waals surface area contributed by atoms with E-state index in [1.807, 2.05) is 0 Å². The third-order valence-corrected chi connectivity index (χ3v) is 7.05. The molecule has 0 bridgehead atoms. The second-order valence-electron chi connectivity index (χ2n) is 9.42. The Morgan fingerprint density at radius 1 is 1.26 bits per heavy atom. The third-order valence-electron chi connectivity index (χ3n) is 7.05. The summed E-state index contributed by atoms with van der Waals surface area (Å²) in [5.74, 6) is 0.616. The maximum Gasteiger partial charge on any atom is 0.416 e. The number of benzene rings is 1. The molecule has 2 aromatic rings. The summed E-state index contributed by atoms with van der Waals surface area (Å²) in [7, 11) is 0. The number of Topliss-reactive ketones (excluding diaryl/α,β-unsaturated/α-hetero) is 1. The molecule has 2 heterocycles. The van der Waals surface area contributed by atoms with Gasteiger partial charge in [0.2, 0.25) is 0 Å². The SMILES string of the molecule is [N-]=[N+]=NCC(O)C1CCC(N2CC(CC(=O)CNc3ncnc4ccc(C(F)(F)F)cc34)C2)CC1. The summed E-state index contributed by atoms with van der Waals surface area (Å²) in [6.07, 6.45) is 0.324. The van der Waals surface area contributed by atoms with Gasteiger partial charge in [-0.2, -0.15) is 13.2 Å². The molecule has 0 spiro atoms. The van der Waals surface area contributed by atoms with Crippen LogP contribution in [0.3, 0.4) is 0 Å². The third kappa shape index (κ3) is 6.19. The number of rotatable bonds is 9. The van der Waals surface area contributed by atoms with Gasteiger partial charge in [0.15, 0.2) is 5.78 Å². The first-order valence-corrected chi connectivity index (χ1v) is 11.7. The van der Waals surface area contributed by atoms with E-state index in [4.69, 9.17) is 5.53 Å². The highest BCUT2D eigenvalue weighted by Gasteiger charge is 2.36. The van der Waals surface area contributed by atoms with E-state index in [-0.39, 0.29) is 41.9 Å². The largest absolute Gasteiger partial charge is 0.416 e. The Labute approximate surface area is 200 Å². The van der Waals surface area contributed by atoms with Crippen LogP contribution in [0.1, 0.15) is 37.7 Å². The molecule has 1 atom stereocenters. The number of aromatic nitrogens is 2. The van der Waals surface area contributed by atoms with Gasteiger partial charge in [-0.05, 0) is 61.2 Å². The summed E-state index contributed by atoms with van der Waals surface area (Å²) in [5.41, 5.74) is 7.98. The zero-order valence-corrected chi connectivity index (χ0v) is 19.2. The van der Waals surface area contributed by atoms with Crippen LogP contribution in [0.25, 0.3) is 21.3 Å². The number of likely N-dealkylation sites (tertiary alicyclic amines) is 1. The fourth-order valence-electron chi connectivity index (χ4n) is 5.11. The number of halogens is 3. The monoisotopic (exact) mass is 491 g/mol. The lowest BCUT2D eigenvalue weighted by atomic mass is 9.80. The summed E-state index contributed by atoms with van der Waals surface area (Å²) >= 11 is 0. The normalized spacial score (nSPS) is 22.3. The van der Waals surface area contributed by atoms with Crippen molar-refractivity contribution in [1.29, 1.82) is 0 Å². The van der Waals surface area contributed by atoms with E-state index in [0.29, 0.717) is 18.0 Å². The lowest BCUT2D eigenvalue weighted by Gasteiger charge is -2.47. The number of nitrogens with one attached hydrogen (secondary N) is 1. The van der Waals surface area contributed by atoms with E-state index in [1.165, 1.54) is 12.4 Å². The number of fused-ring (bicyclic) bond motifs is 1. The van der Waals surface area contributed by atoms with Crippen molar-refractivity contribution >= 4 is 22.5 Å². The molecule has 1 saturated heterocycles. The van der Waals surface area contributed by atoms with Gasteiger partial charge in [-0.1, -0.05) is 5.11 Å². The Kier molecular flexibility index (Phi) is 7.73. The second kappa shape index (κ2) is 10.8. The van der Waals surface area contributed by atoms with E-state index in [9.17, 15) is 23.1 Å². The van der Waals surface area contributed by atoms with Gasteiger partial charge in [0, 0.05) is 35.9 Å². The number of ketones is 1. The fourth-order valence-corrected chi connectivity index (χ4v) is 5.11. The molecule has 2 fully saturated rings. The standard InChI is InChI=1S/C23H28F3N7O2/c24-23(25,26)16-3-6-20-19(8-16)22(30-13-29-20)28-9-18(34)7-14-11-33(12-14)17-4-1-15(2-5-17)21(35)10-31-32-27/h3,6,8,13-15,17,21,35H,1-2,4-5,7,9-12H2,(H,28,29,30). The molecule has 1 unspecified atom stereocenters. The van der Waals surface area contributed by atoms with Gasteiger partial charge in [0.05, 0.1) is 30.3 Å². The van der Waals surface area contributed by atoms with Gasteiger partial charge >= 0.3 is 6.18 Å². The predicted molar refractivity (Wildman–Crippen MR) is 123 cm³/mol. The van der Waals surface area contributed by atoms with Crippen molar-refractivity contribution in [1.82, 2.24) is 14.9 Å². The molecule has 1 aliphatic heterocycles. The first-order chi connectivity index (χ1) is 16.7. The number of anilines is 1. The van der Waals surface area contributed by atoms with Crippen LogP contribution in [0.5, 0.6) is 0 Å². The van der Waals surface area contributed by atoms with Crippen LogP contribution in [-0.2, 0) is 11.0 Å². The van der Waals surface area contributed by atoms with Crippen LogP contribution in [0.4, 0.5) is 19.0 Å². The summed E-state index contributed by atoms with van der Waals surface area (Å²) in [4.78, 5) is 25.6. The molecule has 2 aliphatic rings. The lowest BCUT2D eigenvalue weighted by molar-refractivity contribution is -0.137. The summed E-state index contributed by atoms with van der Waals surface area (Å²) in [6, 6.07) is 3.71. The van der Waals surface area contributed by atoms with E-state index >= 15 is 0 Å². The molecule has 35 heavy (non-hydrogen) atoms. The van der Waals surface area contributed by atoms with Gasteiger partial charge in [-0.25, -0.2) is 9.97 Å². The highest BCUT2D eigenvalue weighted by atomic mass is 19.4. The van der Waals surface area contributed by atoms with E-state index in [0.717, 1.165) is 50.9 Å². The lowest BCUT2D eigenvalue weighted by Crippen LogP contribution is -2.54. The quantitative estimate of drug-likeness (QED) is 0.308. The summed E-state index contributed by atoms with van der Waals surface area (Å²) in [5, 5.41) is 16.7.